The summed E-state index contributed by atoms with van der Waals surface area (Å²) in [5.41, 5.74) is 1.55. The topological polar surface area (TPSA) is 75.7 Å². The Labute approximate surface area is 156 Å². The van der Waals surface area contributed by atoms with E-state index in [9.17, 15) is 13.2 Å². The van der Waals surface area contributed by atoms with E-state index in [-0.39, 0.29) is 11.9 Å². The second-order valence-corrected chi connectivity index (χ2v) is 9.43. The van der Waals surface area contributed by atoms with Gasteiger partial charge in [0.1, 0.15) is 0 Å². The smallest absolute Gasteiger partial charge is 0.231 e. The van der Waals surface area contributed by atoms with Gasteiger partial charge >= 0.3 is 0 Å². The number of nitrogens with one attached hydrogen (secondary N) is 1. The van der Waals surface area contributed by atoms with Crippen molar-refractivity contribution in [2.45, 2.75) is 44.1 Å². The third-order valence-corrected chi connectivity index (χ3v) is 6.90. The van der Waals surface area contributed by atoms with Crippen molar-refractivity contribution in [1.82, 2.24) is 9.62 Å². The fourth-order valence-corrected chi connectivity index (χ4v) is 5.04. The Balaban J connectivity index is 1.82. The largest absolute Gasteiger partial charge is 0.381 e. The fraction of sp³-hybridized carbons (Fsp3) is 0.632. The number of amides is 1. The summed E-state index contributed by atoms with van der Waals surface area (Å²) in [6.07, 6.45) is 4.08. The number of nitrogens with zero attached hydrogens (tertiary/aromatic N) is 1. The first-order chi connectivity index (χ1) is 12.3. The minimum atomic E-state index is -3.23. The van der Waals surface area contributed by atoms with Crippen LogP contribution in [0, 0.1) is 6.92 Å². The number of hydrogen-bond acceptors (Lipinski definition) is 4. The van der Waals surface area contributed by atoms with Crippen molar-refractivity contribution < 1.29 is 17.9 Å². The molecule has 1 N–H and O–H groups in total. The van der Waals surface area contributed by atoms with Gasteiger partial charge in [0.05, 0.1) is 11.7 Å². The van der Waals surface area contributed by atoms with Crippen LogP contribution in [0.25, 0.3) is 0 Å². The number of carbonyl (C=O) groups excluding carboxylic acids is 1. The standard InChI is InChI=1S/C19H28N2O4S/c1-15-6-3-4-8-17(15)19(9-12-25-13-10-19)18(22)20-16-7-5-11-21(14-16)26(2,23)24/h3-4,6,8,16H,5,7,9-14H2,1-2H3,(H,20,22). The molecule has 0 aromatic heterocycles. The molecule has 0 saturated carbocycles. The Bertz CT molecular complexity index is 757. The van der Waals surface area contributed by atoms with Gasteiger partial charge in [0.25, 0.3) is 0 Å². The number of benzene rings is 1. The molecule has 2 aliphatic rings. The molecule has 0 radical (unpaired) electrons. The van der Waals surface area contributed by atoms with Crippen molar-refractivity contribution >= 4 is 15.9 Å². The van der Waals surface area contributed by atoms with Crippen molar-refractivity contribution in [2.24, 2.45) is 0 Å². The van der Waals surface area contributed by atoms with E-state index in [4.69, 9.17) is 4.74 Å². The summed E-state index contributed by atoms with van der Waals surface area (Å²) in [4.78, 5) is 13.4. The first kappa shape index (κ1) is 19.3. The van der Waals surface area contributed by atoms with Crippen LogP contribution in [0.4, 0.5) is 0 Å². The average molecular weight is 381 g/mol. The van der Waals surface area contributed by atoms with E-state index in [1.54, 1.807) is 0 Å². The van der Waals surface area contributed by atoms with Crippen LogP contribution >= 0.6 is 0 Å². The van der Waals surface area contributed by atoms with Crippen molar-refractivity contribution in [2.75, 3.05) is 32.6 Å². The lowest BCUT2D eigenvalue weighted by molar-refractivity contribution is -0.131. The molecule has 1 aromatic carbocycles. The van der Waals surface area contributed by atoms with E-state index in [0.29, 0.717) is 39.1 Å². The van der Waals surface area contributed by atoms with E-state index in [1.807, 2.05) is 31.2 Å². The minimum Gasteiger partial charge on any atom is -0.381 e. The predicted octanol–water partition coefficient (Wildman–Crippen LogP) is 1.58. The summed E-state index contributed by atoms with van der Waals surface area (Å²) in [6.45, 7) is 4.03. The van der Waals surface area contributed by atoms with E-state index < -0.39 is 15.4 Å². The summed E-state index contributed by atoms with van der Waals surface area (Å²) < 4.78 is 30.7. The first-order valence-corrected chi connectivity index (χ1v) is 11.1. The predicted molar refractivity (Wildman–Crippen MR) is 100 cm³/mol. The van der Waals surface area contributed by atoms with E-state index in [2.05, 4.69) is 5.32 Å². The number of ether oxygens (including phenoxy) is 1. The third-order valence-electron chi connectivity index (χ3n) is 5.63. The number of piperidine rings is 1. The number of rotatable bonds is 4. The molecule has 2 aliphatic heterocycles. The van der Waals surface area contributed by atoms with Crippen LogP contribution in [0.3, 0.4) is 0 Å². The first-order valence-electron chi connectivity index (χ1n) is 9.23. The highest BCUT2D eigenvalue weighted by molar-refractivity contribution is 7.88. The molecule has 0 spiro atoms. The zero-order valence-corrected chi connectivity index (χ0v) is 16.3. The van der Waals surface area contributed by atoms with Crippen LogP contribution in [0.1, 0.15) is 36.8 Å². The quantitative estimate of drug-likeness (QED) is 0.861. The Morgan fingerprint density at radius 2 is 1.96 bits per heavy atom. The van der Waals surface area contributed by atoms with Crippen LogP contribution in [0.15, 0.2) is 24.3 Å². The molecule has 6 nitrogen and oxygen atoms in total. The van der Waals surface area contributed by atoms with Crippen molar-refractivity contribution in [1.29, 1.82) is 0 Å². The summed E-state index contributed by atoms with van der Waals surface area (Å²) in [7, 11) is -3.23. The molecule has 0 aliphatic carbocycles. The van der Waals surface area contributed by atoms with Gasteiger partial charge in [-0.2, -0.15) is 0 Å². The Morgan fingerprint density at radius 3 is 2.62 bits per heavy atom. The van der Waals surface area contributed by atoms with Gasteiger partial charge in [0.15, 0.2) is 0 Å². The summed E-state index contributed by atoms with van der Waals surface area (Å²) in [5.74, 6) is -0.00421. The van der Waals surface area contributed by atoms with Gasteiger partial charge in [-0.15, -0.1) is 0 Å². The number of carbonyl (C=O) groups is 1. The summed E-state index contributed by atoms with van der Waals surface area (Å²) >= 11 is 0. The van der Waals surface area contributed by atoms with Gasteiger partial charge in [0.2, 0.25) is 15.9 Å². The number of hydrogen-bond donors (Lipinski definition) is 1. The molecule has 2 saturated heterocycles. The number of aryl methyl sites for hydroxylation is 1. The maximum absolute atomic E-state index is 13.4. The lowest BCUT2D eigenvalue weighted by atomic mass is 9.71. The highest BCUT2D eigenvalue weighted by Gasteiger charge is 2.43. The fourth-order valence-electron chi connectivity index (χ4n) is 4.13. The van der Waals surface area contributed by atoms with Crippen LogP contribution < -0.4 is 5.32 Å². The second kappa shape index (κ2) is 7.66. The molecular weight excluding hydrogens is 352 g/mol. The van der Waals surface area contributed by atoms with Crippen LogP contribution in [-0.2, 0) is 25.0 Å². The molecule has 1 amide bonds. The minimum absolute atomic E-state index is 0.00421. The van der Waals surface area contributed by atoms with E-state index >= 15 is 0 Å². The molecule has 144 valence electrons. The SMILES string of the molecule is Cc1ccccc1C1(C(=O)NC2CCCN(S(C)(=O)=O)C2)CCOCC1. The molecule has 3 rings (SSSR count). The van der Waals surface area contributed by atoms with Crippen molar-refractivity contribution in [3.63, 3.8) is 0 Å². The van der Waals surface area contributed by atoms with Crippen LogP contribution in [0.5, 0.6) is 0 Å². The van der Waals surface area contributed by atoms with Gasteiger partial charge in [-0.1, -0.05) is 24.3 Å². The molecular formula is C19H28N2O4S. The third kappa shape index (κ3) is 3.94. The van der Waals surface area contributed by atoms with Gasteiger partial charge in [-0.3, -0.25) is 4.79 Å². The highest BCUT2D eigenvalue weighted by atomic mass is 32.2. The Kier molecular flexibility index (Phi) is 5.69. The van der Waals surface area contributed by atoms with Gasteiger partial charge in [0, 0.05) is 32.3 Å². The Hall–Kier alpha value is -1.44. The maximum atomic E-state index is 13.4. The molecule has 1 atom stereocenters. The van der Waals surface area contributed by atoms with Gasteiger partial charge < -0.3 is 10.1 Å². The molecule has 1 aromatic rings. The average Bonchev–Trinajstić information content (AvgIpc) is 2.62. The lowest BCUT2D eigenvalue weighted by Crippen LogP contribution is -2.55. The van der Waals surface area contributed by atoms with Gasteiger partial charge in [-0.25, -0.2) is 12.7 Å². The highest BCUT2D eigenvalue weighted by Crippen LogP contribution is 2.37. The monoisotopic (exact) mass is 380 g/mol. The van der Waals surface area contributed by atoms with Crippen molar-refractivity contribution in [3.8, 4) is 0 Å². The molecule has 1 unspecified atom stereocenters. The molecule has 26 heavy (non-hydrogen) atoms. The number of sulfonamides is 1. The van der Waals surface area contributed by atoms with Crippen LogP contribution in [0.2, 0.25) is 0 Å². The zero-order chi connectivity index (χ0) is 18.8. The van der Waals surface area contributed by atoms with Crippen LogP contribution in [-0.4, -0.2) is 57.2 Å². The Morgan fingerprint density at radius 1 is 1.27 bits per heavy atom. The molecule has 7 heteroatoms. The van der Waals surface area contributed by atoms with E-state index in [0.717, 1.165) is 24.0 Å². The maximum Gasteiger partial charge on any atom is 0.231 e. The molecule has 2 heterocycles. The summed E-state index contributed by atoms with van der Waals surface area (Å²) in [5, 5.41) is 3.16. The molecule has 0 bridgehead atoms. The lowest BCUT2D eigenvalue weighted by Gasteiger charge is -2.39. The van der Waals surface area contributed by atoms with Gasteiger partial charge in [-0.05, 0) is 43.7 Å². The second-order valence-electron chi connectivity index (χ2n) is 7.44. The summed E-state index contributed by atoms with van der Waals surface area (Å²) in [6, 6.07) is 7.87. The zero-order valence-electron chi connectivity index (χ0n) is 15.5. The normalized spacial score (nSPS) is 24.2. The van der Waals surface area contributed by atoms with Crippen molar-refractivity contribution in [3.05, 3.63) is 35.4 Å². The molecule has 2 fully saturated rings. The van der Waals surface area contributed by atoms with E-state index in [1.165, 1.54) is 10.6 Å².